The van der Waals surface area contributed by atoms with Gasteiger partial charge in [-0.25, -0.2) is 0 Å². The molecule has 0 unspecified atom stereocenters. The van der Waals surface area contributed by atoms with E-state index >= 15 is 0 Å². The summed E-state index contributed by atoms with van der Waals surface area (Å²) < 4.78 is 0. The monoisotopic (exact) mass is 362 g/mol. The third kappa shape index (κ3) is 5.20. The molecule has 3 aromatic rings. The van der Waals surface area contributed by atoms with Crippen molar-refractivity contribution in [3.8, 4) is 11.3 Å². The van der Waals surface area contributed by atoms with E-state index in [-0.39, 0.29) is 5.91 Å². The number of aromatic amines is 1. The minimum Gasteiger partial charge on any atom is -0.399 e. The summed E-state index contributed by atoms with van der Waals surface area (Å²) in [7, 11) is 1.86. The van der Waals surface area contributed by atoms with E-state index in [1.807, 2.05) is 61.6 Å². The summed E-state index contributed by atoms with van der Waals surface area (Å²) in [6.45, 7) is 0.725. The lowest BCUT2D eigenvalue weighted by Crippen LogP contribution is -2.28. The summed E-state index contributed by atoms with van der Waals surface area (Å²) in [6, 6.07) is 19.9. The normalized spacial score (nSPS) is 10.7. The van der Waals surface area contributed by atoms with E-state index in [1.165, 1.54) is 0 Å². The second kappa shape index (κ2) is 9.03. The topological polar surface area (TPSA) is 75.0 Å². The molecule has 1 heterocycles. The first-order chi connectivity index (χ1) is 13.1. The summed E-state index contributed by atoms with van der Waals surface area (Å²) in [5.74, 6) is 0.146. The maximum atomic E-state index is 12.3. The van der Waals surface area contributed by atoms with Crippen LogP contribution in [0.4, 0.5) is 5.69 Å². The van der Waals surface area contributed by atoms with Gasteiger partial charge in [-0.3, -0.25) is 9.89 Å². The minimum atomic E-state index is 0.146. The molecular weight excluding hydrogens is 336 g/mol. The number of rotatable bonds is 8. The smallest absolute Gasteiger partial charge is 0.222 e. The second-order valence-corrected chi connectivity index (χ2v) is 6.76. The largest absolute Gasteiger partial charge is 0.399 e. The first kappa shape index (κ1) is 18.7. The van der Waals surface area contributed by atoms with E-state index in [0.29, 0.717) is 12.8 Å². The van der Waals surface area contributed by atoms with Crippen molar-refractivity contribution < 1.29 is 4.79 Å². The van der Waals surface area contributed by atoms with Gasteiger partial charge in [0.05, 0.1) is 5.69 Å². The van der Waals surface area contributed by atoms with E-state index in [0.717, 1.165) is 47.6 Å². The Balaban J connectivity index is 1.43. The molecule has 0 aliphatic heterocycles. The van der Waals surface area contributed by atoms with Crippen LogP contribution in [0, 0.1) is 0 Å². The molecule has 1 aromatic heterocycles. The molecule has 0 spiro atoms. The standard InChI is InChI=1S/C22H26N4O/c1-26(22(27)14-13-17-8-5-6-12-20(17)23)15-7-11-19-16-21(25-24-19)18-9-3-2-4-10-18/h2-6,8-10,12,16H,7,11,13-15,23H2,1H3,(H,24,25). The Kier molecular flexibility index (Phi) is 6.26. The number of nitrogens with zero attached hydrogens (tertiary/aromatic N) is 2. The lowest BCUT2D eigenvalue weighted by Gasteiger charge is -2.17. The van der Waals surface area contributed by atoms with Crippen molar-refractivity contribution in [2.45, 2.75) is 25.7 Å². The zero-order valence-electron chi connectivity index (χ0n) is 15.7. The Morgan fingerprint density at radius 1 is 1.07 bits per heavy atom. The van der Waals surface area contributed by atoms with Crippen LogP contribution in [0.2, 0.25) is 0 Å². The maximum Gasteiger partial charge on any atom is 0.222 e. The number of aromatic nitrogens is 2. The van der Waals surface area contributed by atoms with Crippen molar-refractivity contribution in [3.63, 3.8) is 0 Å². The molecule has 0 saturated carbocycles. The molecule has 0 saturated heterocycles. The van der Waals surface area contributed by atoms with E-state index in [1.54, 1.807) is 4.90 Å². The molecular formula is C22H26N4O. The maximum absolute atomic E-state index is 12.3. The molecule has 0 atom stereocenters. The number of para-hydroxylation sites is 1. The van der Waals surface area contributed by atoms with Gasteiger partial charge in [-0.2, -0.15) is 5.10 Å². The van der Waals surface area contributed by atoms with Crippen LogP contribution < -0.4 is 5.73 Å². The minimum absolute atomic E-state index is 0.146. The molecule has 0 aliphatic rings. The van der Waals surface area contributed by atoms with Crippen LogP contribution in [-0.2, 0) is 17.6 Å². The number of nitrogens with two attached hydrogens (primary N) is 1. The van der Waals surface area contributed by atoms with E-state index in [9.17, 15) is 4.79 Å². The van der Waals surface area contributed by atoms with Gasteiger partial charge < -0.3 is 10.6 Å². The molecule has 3 rings (SSSR count). The van der Waals surface area contributed by atoms with Gasteiger partial charge in [0.25, 0.3) is 0 Å². The van der Waals surface area contributed by atoms with Gasteiger partial charge >= 0.3 is 0 Å². The van der Waals surface area contributed by atoms with Crippen LogP contribution in [0.3, 0.4) is 0 Å². The Bertz CT molecular complexity index is 873. The summed E-state index contributed by atoms with van der Waals surface area (Å²) in [4.78, 5) is 14.1. The zero-order valence-corrected chi connectivity index (χ0v) is 15.7. The van der Waals surface area contributed by atoms with Gasteiger partial charge in [0.15, 0.2) is 0 Å². The van der Waals surface area contributed by atoms with E-state index in [2.05, 4.69) is 16.3 Å². The fraction of sp³-hybridized carbons (Fsp3) is 0.273. The Morgan fingerprint density at radius 3 is 2.59 bits per heavy atom. The number of anilines is 1. The predicted molar refractivity (Wildman–Crippen MR) is 109 cm³/mol. The van der Waals surface area contributed by atoms with Gasteiger partial charge in [0.1, 0.15) is 0 Å². The van der Waals surface area contributed by atoms with Crippen molar-refractivity contribution >= 4 is 11.6 Å². The lowest BCUT2D eigenvalue weighted by atomic mass is 10.1. The number of nitrogens with one attached hydrogen (secondary N) is 1. The van der Waals surface area contributed by atoms with E-state index < -0.39 is 0 Å². The fourth-order valence-electron chi connectivity index (χ4n) is 3.07. The van der Waals surface area contributed by atoms with E-state index in [4.69, 9.17) is 5.73 Å². The Morgan fingerprint density at radius 2 is 1.81 bits per heavy atom. The molecule has 27 heavy (non-hydrogen) atoms. The molecule has 3 N–H and O–H groups in total. The predicted octanol–water partition coefficient (Wildman–Crippen LogP) is 3.68. The van der Waals surface area contributed by atoms with Gasteiger partial charge in [-0.1, -0.05) is 48.5 Å². The van der Waals surface area contributed by atoms with Crippen molar-refractivity contribution in [3.05, 3.63) is 71.9 Å². The van der Waals surface area contributed by atoms with Gasteiger partial charge in [0.2, 0.25) is 5.91 Å². The summed E-state index contributed by atoms with van der Waals surface area (Å²) in [5.41, 5.74) is 10.9. The molecule has 140 valence electrons. The summed E-state index contributed by atoms with van der Waals surface area (Å²) in [5, 5.41) is 7.47. The van der Waals surface area contributed by atoms with Crippen LogP contribution >= 0.6 is 0 Å². The van der Waals surface area contributed by atoms with Crippen molar-refractivity contribution in [1.29, 1.82) is 0 Å². The molecule has 0 fully saturated rings. The number of carbonyl (C=O) groups is 1. The van der Waals surface area contributed by atoms with Crippen molar-refractivity contribution in [2.75, 3.05) is 19.3 Å². The highest BCUT2D eigenvalue weighted by Crippen LogP contribution is 2.17. The number of amides is 1. The molecule has 5 heteroatoms. The fourth-order valence-corrected chi connectivity index (χ4v) is 3.07. The highest BCUT2D eigenvalue weighted by atomic mass is 16.2. The van der Waals surface area contributed by atoms with Crippen LogP contribution in [0.1, 0.15) is 24.1 Å². The molecule has 0 aliphatic carbocycles. The zero-order chi connectivity index (χ0) is 19.1. The van der Waals surface area contributed by atoms with Gasteiger partial charge in [-0.15, -0.1) is 0 Å². The number of aryl methyl sites for hydroxylation is 2. The van der Waals surface area contributed by atoms with Gasteiger partial charge in [0, 0.05) is 37.0 Å². The molecule has 1 amide bonds. The highest BCUT2D eigenvalue weighted by Gasteiger charge is 2.10. The number of nitrogen functional groups attached to an aromatic ring is 1. The van der Waals surface area contributed by atoms with Crippen molar-refractivity contribution in [2.24, 2.45) is 0 Å². The third-order valence-electron chi connectivity index (χ3n) is 4.73. The highest BCUT2D eigenvalue weighted by molar-refractivity contribution is 5.76. The molecule has 2 aromatic carbocycles. The summed E-state index contributed by atoms with van der Waals surface area (Å²) in [6.07, 6.45) is 2.92. The number of hydrogen-bond donors (Lipinski definition) is 2. The van der Waals surface area contributed by atoms with Crippen LogP contribution in [0.25, 0.3) is 11.3 Å². The van der Waals surface area contributed by atoms with Crippen LogP contribution in [0.15, 0.2) is 60.7 Å². The average molecular weight is 362 g/mol. The van der Waals surface area contributed by atoms with Gasteiger partial charge in [-0.05, 0) is 37.0 Å². The molecule has 0 bridgehead atoms. The Labute approximate surface area is 160 Å². The number of hydrogen-bond acceptors (Lipinski definition) is 3. The summed E-state index contributed by atoms with van der Waals surface area (Å²) >= 11 is 0. The number of carbonyl (C=O) groups excluding carboxylic acids is 1. The first-order valence-electron chi connectivity index (χ1n) is 9.30. The van der Waals surface area contributed by atoms with Crippen LogP contribution in [0.5, 0.6) is 0 Å². The number of H-pyrrole nitrogens is 1. The first-order valence-corrected chi connectivity index (χ1v) is 9.30. The SMILES string of the molecule is CN(CCCc1cc(-c2ccccc2)n[nH]1)C(=O)CCc1ccccc1N. The van der Waals surface area contributed by atoms with Crippen molar-refractivity contribution in [1.82, 2.24) is 15.1 Å². The van der Waals surface area contributed by atoms with Crippen LogP contribution in [-0.4, -0.2) is 34.6 Å². The number of benzene rings is 2. The quantitative estimate of drug-likeness (QED) is 0.600. The molecule has 0 radical (unpaired) electrons. The third-order valence-corrected chi connectivity index (χ3v) is 4.73. The second-order valence-electron chi connectivity index (χ2n) is 6.76. The lowest BCUT2D eigenvalue weighted by molar-refractivity contribution is -0.129. The Hall–Kier alpha value is -3.08. The average Bonchev–Trinajstić information content (AvgIpc) is 3.16. The molecule has 5 nitrogen and oxygen atoms in total.